The third-order valence-electron chi connectivity index (χ3n) is 2.64. The van der Waals surface area contributed by atoms with E-state index in [1.807, 2.05) is 0 Å². The molecule has 0 saturated carbocycles. The van der Waals surface area contributed by atoms with E-state index in [1.54, 1.807) is 16.0 Å². The van der Waals surface area contributed by atoms with Gasteiger partial charge in [0.15, 0.2) is 5.82 Å². The van der Waals surface area contributed by atoms with Crippen molar-refractivity contribution < 1.29 is 0 Å². The summed E-state index contributed by atoms with van der Waals surface area (Å²) in [4.78, 5) is 2.62. The Labute approximate surface area is 98.3 Å². The van der Waals surface area contributed by atoms with Crippen molar-refractivity contribution >= 4 is 11.3 Å². The van der Waals surface area contributed by atoms with E-state index in [1.165, 1.54) is 15.3 Å². The van der Waals surface area contributed by atoms with Crippen LogP contribution in [0.3, 0.4) is 0 Å². The molecule has 0 amide bonds. The van der Waals surface area contributed by atoms with Crippen LogP contribution in [-0.2, 0) is 6.54 Å². The summed E-state index contributed by atoms with van der Waals surface area (Å²) in [6.07, 6.45) is 0. The summed E-state index contributed by atoms with van der Waals surface area (Å²) in [5, 5.41) is 11.6. The van der Waals surface area contributed by atoms with E-state index < -0.39 is 0 Å². The molecule has 0 aromatic carbocycles. The van der Waals surface area contributed by atoms with Gasteiger partial charge in [0.2, 0.25) is 0 Å². The number of tetrazole rings is 1. The van der Waals surface area contributed by atoms with Crippen LogP contribution in [0.2, 0.25) is 0 Å². The zero-order valence-electron chi connectivity index (χ0n) is 9.64. The monoisotopic (exact) mass is 237 g/mol. The van der Waals surface area contributed by atoms with Gasteiger partial charge in [-0.15, -0.1) is 16.4 Å². The highest BCUT2D eigenvalue weighted by Gasteiger charge is 2.17. The highest BCUT2D eigenvalue weighted by Crippen LogP contribution is 2.28. The molecule has 1 atom stereocenters. The van der Waals surface area contributed by atoms with E-state index in [4.69, 9.17) is 5.73 Å². The fourth-order valence-corrected chi connectivity index (χ4v) is 2.86. The van der Waals surface area contributed by atoms with E-state index in [0.717, 1.165) is 5.82 Å². The maximum absolute atomic E-state index is 5.59. The number of thiophene rings is 1. The van der Waals surface area contributed by atoms with Crippen LogP contribution in [0.15, 0.2) is 6.07 Å². The molecule has 1 unspecified atom stereocenters. The molecule has 0 aliphatic carbocycles. The Kier molecular flexibility index (Phi) is 3.02. The number of nitrogens with zero attached hydrogens (tertiary/aromatic N) is 4. The number of hydrogen-bond acceptors (Lipinski definition) is 5. The molecular weight excluding hydrogens is 222 g/mol. The molecule has 16 heavy (non-hydrogen) atoms. The van der Waals surface area contributed by atoms with Gasteiger partial charge in [0.25, 0.3) is 0 Å². The van der Waals surface area contributed by atoms with Crippen LogP contribution in [0.25, 0.3) is 0 Å². The second-order valence-electron chi connectivity index (χ2n) is 3.79. The van der Waals surface area contributed by atoms with Crippen molar-refractivity contribution in [1.82, 2.24) is 20.2 Å². The summed E-state index contributed by atoms with van der Waals surface area (Å²) in [5.41, 5.74) is 6.86. The quantitative estimate of drug-likeness (QED) is 0.876. The van der Waals surface area contributed by atoms with Gasteiger partial charge in [0.1, 0.15) is 0 Å². The molecule has 2 heterocycles. The molecule has 0 spiro atoms. The van der Waals surface area contributed by atoms with Crippen molar-refractivity contribution in [2.45, 2.75) is 33.4 Å². The molecule has 5 nitrogen and oxygen atoms in total. The van der Waals surface area contributed by atoms with Crippen molar-refractivity contribution in [3.05, 3.63) is 27.2 Å². The fourth-order valence-electron chi connectivity index (χ4n) is 1.84. The zero-order valence-corrected chi connectivity index (χ0v) is 10.5. The van der Waals surface area contributed by atoms with Gasteiger partial charge >= 0.3 is 0 Å². The molecule has 0 aliphatic heterocycles. The second-order valence-corrected chi connectivity index (χ2v) is 5.25. The standard InChI is InChI=1S/C10H15N5S/c1-6-4-9(8(3)16-6)7(2)15-10(5-11)12-13-14-15/h4,7H,5,11H2,1-3H3. The van der Waals surface area contributed by atoms with Crippen LogP contribution in [0.1, 0.15) is 34.1 Å². The van der Waals surface area contributed by atoms with E-state index in [2.05, 4.69) is 42.4 Å². The van der Waals surface area contributed by atoms with E-state index in [0.29, 0.717) is 6.54 Å². The first-order chi connectivity index (χ1) is 7.63. The van der Waals surface area contributed by atoms with Gasteiger partial charge in [-0.3, -0.25) is 0 Å². The first kappa shape index (κ1) is 11.2. The van der Waals surface area contributed by atoms with Gasteiger partial charge in [-0.2, -0.15) is 0 Å². The molecule has 86 valence electrons. The number of rotatable bonds is 3. The van der Waals surface area contributed by atoms with Gasteiger partial charge in [0.05, 0.1) is 12.6 Å². The molecule has 0 radical (unpaired) electrons. The molecule has 2 N–H and O–H groups in total. The van der Waals surface area contributed by atoms with Crippen molar-refractivity contribution in [2.24, 2.45) is 5.73 Å². The summed E-state index contributed by atoms with van der Waals surface area (Å²) < 4.78 is 1.79. The molecule has 0 fully saturated rings. The van der Waals surface area contributed by atoms with E-state index in [9.17, 15) is 0 Å². The van der Waals surface area contributed by atoms with Crippen molar-refractivity contribution in [3.8, 4) is 0 Å². The Morgan fingerprint density at radius 3 is 2.81 bits per heavy atom. The largest absolute Gasteiger partial charge is 0.324 e. The second kappa shape index (κ2) is 4.31. The lowest BCUT2D eigenvalue weighted by Gasteiger charge is -2.12. The van der Waals surface area contributed by atoms with Crippen LogP contribution in [-0.4, -0.2) is 20.2 Å². The minimum atomic E-state index is 0.137. The average Bonchev–Trinajstić information content (AvgIpc) is 2.83. The van der Waals surface area contributed by atoms with Gasteiger partial charge in [-0.05, 0) is 42.8 Å². The predicted octanol–water partition coefficient (Wildman–Crippen LogP) is 1.42. The van der Waals surface area contributed by atoms with Gasteiger partial charge < -0.3 is 5.73 Å². The van der Waals surface area contributed by atoms with Crippen LogP contribution >= 0.6 is 11.3 Å². The van der Waals surface area contributed by atoms with Crippen molar-refractivity contribution in [2.75, 3.05) is 0 Å². The zero-order chi connectivity index (χ0) is 11.7. The maximum Gasteiger partial charge on any atom is 0.165 e. The minimum absolute atomic E-state index is 0.137. The summed E-state index contributed by atoms with van der Waals surface area (Å²) in [6, 6.07) is 2.32. The Balaban J connectivity index is 2.38. The normalized spacial score (nSPS) is 13.0. The Morgan fingerprint density at radius 1 is 1.50 bits per heavy atom. The van der Waals surface area contributed by atoms with Gasteiger partial charge in [0, 0.05) is 9.75 Å². The third-order valence-corrected chi connectivity index (χ3v) is 3.62. The maximum atomic E-state index is 5.59. The van der Waals surface area contributed by atoms with Crippen LogP contribution in [0.4, 0.5) is 0 Å². The Hall–Kier alpha value is -1.27. The Bertz CT molecular complexity index is 487. The molecule has 0 saturated heterocycles. The third kappa shape index (κ3) is 1.85. The average molecular weight is 237 g/mol. The smallest absolute Gasteiger partial charge is 0.165 e. The first-order valence-electron chi connectivity index (χ1n) is 5.17. The molecular formula is C10H15N5S. The topological polar surface area (TPSA) is 69.6 Å². The van der Waals surface area contributed by atoms with Crippen LogP contribution < -0.4 is 5.73 Å². The van der Waals surface area contributed by atoms with E-state index >= 15 is 0 Å². The van der Waals surface area contributed by atoms with Crippen LogP contribution in [0.5, 0.6) is 0 Å². The highest BCUT2D eigenvalue weighted by atomic mass is 32.1. The summed E-state index contributed by atoms with van der Waals surface area (Å²) in [5.74, 6) is 0.718. The molecule has 0 bridgehead atoms. The SMILES string of the molecule is Cc1cc(C(C)n2nnnc2CN)c(C)s1. The lowest BCUT2D eigenvalue weighted by atomic mass is 10.1. The molecule has 0 aliphatic rings. The van der Waals surface area contributed by atoms with Gasteiger partial charge in [-0.25, -0.2) is 4.68 Å². The summed E-state index contributed by atoms with van der Waals surface area (Å²) in [7, 11) is 0. The fraction of sp³-hybridized carbons (Fsp3) is 0.500. The number of aryl methyl sites for hydroxylation is 2. The van der Waals surface area contributed by atoms with Crippen molar-refractivity contribution in [3.63, 3.8) is 0 Å². The molecule has 2 aromatic rings. The number of nitrogens with two attached hydrogens (primary N) is 1. The van der Waals surface area contributed by atoms with Crippen LogP contribution in [0, 0.1) is 13.8 Å². The lowest BCUT2D eigenvalue weighted by Crippen LogP contribution is -2.15. The lowest BCUT2D eigenvalue weighted by molar-refractivity contribution is 0.521. The molecule has 2 rings (SSSR count). The number of hydrogen-bond donors (Lipinski definition) is 1. The Morgan fingerprint density at radius 2 is 2.25 bits per heavy atom. The summed E-state index contributed by atoms with van der Waals surface area (Å²) in [6.45, 7) is 6.68. The predicted molar refractivity (Wildman–Crippen MR) is 63.3 cm³/mol. The van der Waals surface area contributed by atoms with E-state index in [-0.39, 0.29) is 6.04 Å². The number of aromatic nitrogens is 4. The molecule has 2 aromatic heterocycles. The molecule has 6 heteroatoms. The van der Waals surface area contributed by atoms with Gasteiger partial charge in [-0.1, -0.05) is 0 Å². The first-order valence-corrected chi connectivity index (χ1v) is 5.99. The highest BCUT2D eigenvalue weighted by molar-refractivity contribution is 7.12. The summed E-state index contributed by atoms with van der Waals surface area (Å²) >= 11 is 1.80. The van der Waals surface area contributed by atoms with Crippen molar-refractivity contribution in [1.29, 1.82) is 0 Å². The minimum Gasteiger partial charge on any atom is -0.324 e.